The first-order chi connectivity index (χ1) is 8.73. The van der Waals surface area contributed by atoms with E-state index >= 15 is 0 Å². The van der Waals surface area contributed by atoms with E-state index in [1.807, 2.05) is 52.7 Å². The molecule has 3 nitrogen and oxygen atoms in total. The fourth-order valence-electron chi connectivity index (χ4n) is 1.85. The summed E-state index contributed by atoms with van der Waals surface area (Å²) in [5, 5.41) is 0.662. The van der Waals surface area contributed by atoms with Gasteiger partial charge in [-0.2, -0.15) is 0 Å². The van der Waals surface area contributed by atoms with Crippen molar-refractivity contribution in [3.05, 3.63) is 34.5 Å². The molecule has 0 aliphatic carbocycles. The number of hydrogen-bond acceptors (Lipinski definition) is 3. The van der Waals surface area contributed by atoms with Gasteiger partial charge in [-0.25, -0.2) is 0 Å². The van der Waals surface area contributed by atoms with Crippen LogP contribution in [-0.2, 0) is 9.31 Å². The fraction of sp³-hybridized carbons (Fsp3) is 0.500. The van der Waals surface area contributed by atoms with Gasteiger partial charge in [-0.05, 0) is 46.2 Å². The quantitative estimate of drug-likeness (QED) is 0.774. The molecule has 2 rings (SSSR count). The number of aromatic nitrogens is 1. The van der Waals surface area contributed by atoms with E-state index in [-0.39, 0.29) is 18.3 Å². The molecule has 0 unspecified atom stereocenters. The van der Waals surface area contributed by atoms with Crippen LogP contribution in [0.1, 0.15) is 39.0 Å². The Kier molecular flexibility index (Phi) is 3.78. The molecular weight excluding hydrogens is 260 g/mol. The van der Waals surface area contributed by atoms with E-state index in [4.69, 9.17) is 20.9 Å². The third kappa shape index (κ3) is 2.86. The Bertz CT molecular complexity index is 498. The molecule has 5 heteroatoms. The standard InChI is InChI=1S/C14H19BClNO2/c1-10-12(16)11(7-9-17-10)6-8-15-18-13(2,3)14(4,5)19-15/h6-9H,1-5H3/b8-6+. The van der Waals surface area contributed by atoms with Gasteiger partial charge in [-0.1, -0.05) is 23.7 Å². The molecule has 2 heterocycles. The van der Waals surface area contributed by atoms with E-state index in [9.17, 15) is 0 Å². The molecule has 1 fully saturated rings. The average Bonchev–Trinajstić information content (AvgIpc) is 2.50. The van der Waals surface area contributed by atoms with Gasteiger partial charge in [-0.15, -0.1) is 0 Å². The number of pyridine rings is 1. The number of aryl methyl sites for hydroxylation is 1. The van der Waals surface area contributed by atoms with Crippen LogP contribution in [0, 0.1) is 6.92 Å². The summed E-state index contributed by atoms with van der Waals surface area (Å²) in [5.74, 6) is 1.89. The Morgan fingerprint density at radius 3 is 2.37 bits per heavy atom. The van der Waals surface area contributed by atoms with Crippen LogP contribution in [0.2, 0.25) is 5.02 Å². The summed E-state index contributed by atoms with van der Waals surface area (Å²) in [6.07, 6.45) is 3.66. The zero-order valence-corrected chi connectivity index (χ0v) is 12.8. The maximum atomic E-state index is 6.20. The van der Waals surface area contributed by atoms with E-state index < -0.39 is 0 Å². The van der Waals surface area contributed by atoms with Gasteiger partial charge in [0, 0.05) is 6.20 Å². The Morgan fingerprint density at radius 1 is 1.21 bits per heavy atom. The predicted octanol–water partition coefficient (Wildman–Crippen LogP) is 3.69. The van der Waals surface area contributed by atoms with Gasteiger partial charge < -0.3 is 9.31 Å². The van der Waals surface area contributed by atoms with Crippen LogP contribution >= 0.6 is 11.6 Å². The lowest BCUT2D eigenvalue weighted by Crippen LogP contribution is -2.41. The van der Waals surface area contributed by atoms with Gasteiger partial charge >= 0.3 is 7.12 Å². The highest BCUT2D eigenvalue weighted by Crippen LogP contribution is 2.37. The minimum absolute atomic E-state index is 0.319. The van der Waals surface area contributed by atoms with Crippen LogP contribution in [0.25, 0.3) is 6.08 Å². The average molecular weight is 280 g/mol. The molecular formula is C14H19BClNO2. The summed E-state index contributed by atoms with van der Waals surface area (Å²) in [6.45, 7) is 10.0. The van der Waals surface area contributed by atoms with Crippen molar-refractivity contribution < 1.29 is 9.31 Å². The highest BCUT2D eigenvalue weighted by molar-refractivity contribution is 6.52. The molecule has 1 aromatic rings. The van der Waals surface area contributed by atoms with Crippen LogP contribution in [0.3, 0.4) is 0 Å². The molecule has 102 valence electrons. The summed E-state index contributed by atoms with van der Waals surface area (Å²) >= 11 is 6.20. The smallest absolute Gasteiger partial charge is 0.400 e. The van der Waals surface area contributed by atoms with Crippen molar-refractivity contribution >= 4 is 24.8 Å². The number of hydrogen-bond donors (Lipinski definition) is 0. The van der Waals surface area contributed by atoms with Crippen LogP contribution in [-0.4, -0.2) is 23.3 Å². The van der Waals surface area contributed by atoms with Gasteiger partial charge in [0.05, 0.1) is 21.9 Å². The fourth-order valence-corrected chi connectivity index (χ4v) is 2.02. The van der Waals surface area contributed by atoms with Crippen LogP contribution in [0.5, 0.6) is 0 Å². The summed E-state index contributed by atoms with van der Waals surface area (Å²) in [5.41, 5.74) is 1.10. The number of halogens is 1. The molecule has 1 aliphatic heterocycles. The summed E-state index contributed by atoms with van der Waals surface area (Å²) in [7, 11) is -0.352. The van der Waals surface area contributed by atoms with Crippen molar-refractivity contribution in [1.29, 1.82) is 0 Å². The molecule has 0 N–H and O–H groups in total. The van der Waals surface area contributed by atoms with Crippen LogP contribution < -0.4 is 0 Å². The van der Waals surface area contributed by atoms with Crippen molar-refractivity contribution in [3.63, 3.8) is 0 Å². The second kappa shape index (κ2) is 4.93. The Hall–Kier alpha value is -0.835. The number of nitrogens with zero attached hydrogens (tertiary/aromatic N) is 1. The maximum absolute atomic E-state index is 6.20. The Morgan fingerprint density at radius 2 is 1.79 bits per heavy atom. The second-order valence-corrected chi connectivity index (χ2v) is 6.16. The number of rotatable bonds is 2. The molecule has 0 saturated carbocycles. The molecule has 0 atom stereocenters. The minimum Gasteiger partial charge on any atom is -0.400 e. The summed E-state index contributed by atoms with van der Waals surface area (Å²) in [4.78, 5) is 4.14. The molecule has 1 aliphatic rings. The molecule has 0 radical (unpaired) electrons. The monoisotopic (exact) mass is 279 g/mol. The molecule has 1 aromatic heterocycles. The zero-order chi connectivity index (χ0) is 14.3. The lowest BCUT2D eigenvalue weighted by Gasteiger charge is -2.32. The van der Waals surface area contributed by atoms with E-state index in [1.54, 1.807) is 6.20 Å². The summed E-state index contributed by atoms with van der Waals surface area (Å²) < 4.78 is 11.8. The van der Waals surface area contributed by atoms with Gasteiger partial charge in [0.2, 0.25) is 0 Å². The SMILES string of the molecule is Cc1nccc(/C=C/B2OC(C)(C)C(C)(C)O2)c1Cl. The Balaban J connectivity index is 2.15. The third-order valence-corrected chi connectivity index (χ3v) is 4.29. The van der Waals surface area contributed by atoms with Gasteiger partial charge in [0.1, 0.15) is 0 Å². The molecule has 0 bridgehead atoms. The predicted molar refractivity (Wildman–Crippen MR) is 79.1 cm³/mol. The van der Waals surface area contributed by atoms with Crippen molar-refractivity contribution in [2.24, 2.45) is 0 Å². The van der Waals surface area contributed by atoms with E-state index in [2.05, 4.69) is 4.98 Å². The zero-order valence-electron chi connectivity index (χ0n) is 12.0. The van der Waals surface area contributed by atoms with Gasteiger partial charge in [0.15, 0.2) is 0 Å². The molecule has 0 amide bonds. The first-order valence-corrected chi connectivity index (χ1v) is 6.76. The van der Waals surface area contributed by atoms with Crippen LogP contribution in [0.15, 0.2) is 18.2 Å². The van der Waals surface area contributed by atoms with Gasteiger partial charge in [0.25, 0.3) is 0 Å². The highest BCUT2D eigenvalue weighted by Gasteiger charge is 2.49. The lowest BCUT2D eigenvalue weighted by atomic mass is 9.89. The Labute approximate surface area is 120 Å². The van der Waals surface area contributed by atoms with Crippen molar-refractivity contribution in [2.75, 3.05) is 0 Å². The maximum Gasteiger partial charge on any atom is 0.487 e. The molecule has 0 aromatic carbocycles. The highest BCUT2D eigenvalue weighted by atomic mass is 35.5. The van der Waals surface area contributed by atoms with Crippen molar-refractivity contribution in [1.82, 2.24) is 4.98 Å². The minimum atomic E-state index is -0.352. The van der Waals surface area contributed by atoms with Gasteiger partial charge in [-0.3, -0.25) is 4.98 Å². The first kappa shape index (κ1) is 14.6. The van der Waals surface area contributed by atoms with E-state index in [0.29, 0.717) is 5.02 Å². The van der Waals surface area contributed by atoms with Crippen LogP contribution in [0.4, 0.5) is 0 Å². The van der Waals surface area contributed by atoms with E-state index in [1.165, 1.54) is 0 Å². The lowest BCUT2D eigenvalue weighted by molar-refractivity contribution is 0.00578. The molecule has 0 spiro atoms. The molecule has 1 saturated heterocycles. The normalized spacial score (nSPS) is 21.3. The largest absolute Gasteiger partial charge is 0.487 e. The van der Waals surface area contributed by atoms with Crippen molar-refractivity contribution in [2.45, 2.75) is 45.8 Å². The first-order valence-electron chi connectivity index (χ1n) is 6.38. The van der Waals surface area contributed by atoms with E-state index in [0.717, 1.165) is 11.3 Å². The third-order valence-electron chi connectivity index (χ3n) is 3.80. The second-order valence-electron chi connectivity index (χ2n) is 5.78. The topological polar surface area (TPSA) is 31.4 Å². The van der Waals surface area contributed by atoms with Crippen molar-refractivity contribution in [3.8, 4) is 0 Å². The molecule has 19 heavy (non-hydrogen) atoms. The summed E-state index contributed by atoms with van der Waals surface area (Å²) in [6, 6.07) is 1.87.